The zero-order valence-electron chi connectivity index (χ0n) is 31.8. The van der Waals surface area contributed by atoms with E-state index in [0.717, 1.165) is 72.5 Å². The van der Waals surface area contributed by atoms with E-state index in [0.29, 0.717) is 30.5 Å². The fourth-order valence-electron chi connectivity index (χ4n) is 7.49. The van der Waals surface area contributed by atoms with Gasteiger partial charge in [-0.1, -0.05) is 85.2 Å². The molecule has 9 nitrogen and oxygen atoms in total. The lowest BCUT2D eigenvalue weighted by Gasteiger charge is -2.42. The van der Waals surface area contributed by atoms with Crippen molar-refractivity contribution in [2.24, 2.45) is 0 Å². The van der Waals surface area contributed by atoms with Gasteiger partial charge in [-0.3, -0.25) is 19.2 Å². The Morgan fingerprint density at radius 2 is 1.63 bits per heavy atom. The third-order valence-electron chi connectivity index (χ3n) is 10.2. The molecule has 51 heavy (non-hydrogen) atoms. The van der Waals surface area contributed by atoms with Gasteiger partial charge < -0.3 is 15.4 Å². The fourth-order valence-corrected chi connectivity index (χ4v) is 7.49. The second-order valence-electron chi connectivity index (χ2n) is 14.2. The van der Waals surface area contributed by atoms with Crippen molar-refractivity contribution < 1.29 is 9.53 Å². The van der Waals surface area contributed by atoms with Crippen LogP contribution in [0.3, 0.4) is 0 Å². The molecule has 1 aliphatic rings. The van der Waals surface area contributed by atoms with Crippen molar-refractivity contribution in [3.05, 3.63) is 82.3 Å². The van der Waals surface area contributed by atoms with Crippen LogP contribution >= 0.6 is 0 Å². The first kappa shape index (κ1) is 38.0. The molecular weight excluding hydrogens is 637 g/mol. The molecule has 0 spiro atoms. The molecule has 0 radical (unpaired) electrons. The normalized spacial score (nSPS) is 15.2. The molecule has 5 rings (SSSR count). The first-order valence-electron chi connectivity index (χ1n) is 19.1. The molecule has 1 saturated heterocycles. The molecule has 1 atom stereocenters. The third-order valence-corrected chi connectivity index (χ3v) is 10.2. The SMILES string of the molecule is CCCCn1c(=O)c(NC(=O)Nc2c(C(C)C)cccc2C(C)C)c(-c2cccc(OCCN3CCCCC3N(CC)CC)c2)c2cccnc21. The standard InChI is InChI=1S/C42H58N6O3/c1-8-11-25-48-40-35(21-16-23-43-40)37(39(41(48)49)45-42(50)44-38-33(29(4)5)19-15-20-34(38)30(6)7)31-17-14-18-32(28-31)51-27-26-47-24-13-12-22-36(47)46(9-2)10-3/h14-21,23,28-30,36H,8-13,22,24-27H2,1-7H3,(H2,44,45,50). The third kappa shape index (κ3) is 8.82. The number of carbonyl (C=O) groups excluding carboxylic acids is 1. The molecule has 1 unspecified atom stereocenters. The number of urea groups is 1. The van der Waals surface area contributed by atoms with E-state index in [1.54, 1.807) is 10.8 Å². The molecule has 1 fully saturated rings. The Kier molecular flexibility index (Phi) is 13.3. The summed E-state index contributed by atoms with van der Waals surface area (Å²) < 4.78 is 8.10. The quantitative estimate of drug-likeness (QED) is 0.129. The Labute approximate surface area is 304 Å². The van der Waals surface area contributed by atoms with Gasteiger partial charge in [0.05, 0.1) is 6.17 Å². The molecule has 1 aliphatic heterocycles. The Morgan fingerprint density at radius 1 is 0.922 bits per heavy atom. The Hall–Kier alpha value is -4.21. The molecule has 9 heteroatoms. The summed E-state index contributed by atoms with van der Waals surface area (Å²) in [5.41, 5.74) is 4.87. The number of hydrogen-bond donors (Lipinski definition) is 2. The number of nitrogens with zero attached hydrogens (tertiary/aromatic N) is 4. The molecule has 2 N–H and O–H groups in total. The number of unbranched alkanes of at least 4 members (excludes halogenated alkanes) is 1. The lowest BCUT2D eigenvalue weighted by molar-refractivity contribution is 0.0120. The summed E-state index contributed by atoms with van der Waals surface area (Å²) in [6, 6.07) is 17.4. The number of anilines is 2. The van der Waals surface area contributed by atoms with Gasteiger partial charge in [-0.15, -0.1) is 0 Å². The zero-order valence-corrected chi connectivity index (χ0v) is 31.8. The number of aromatic nitrogens is 2. The summed E-state index contributed by atoms with van der Waals surface area (Å²) in [4.78, 5) is 38.2. The van der Waals surface area contributed by atoms with E-state index in [1.807, 2.05) is 42.5 Å². The van der Waals surface area contributed by atoms with Crippen LogP contribution in [-0.2, 0) is 6.54 Å². The van der Waals surface area contributed by atoms with E-state index >= 15 is 0 Å². The highest BCUT2D eigenvalue weighted by molar-refractivity contribution is 6.07. The number of ether oxygens (including phenoxy) is 1. The highest BCUT2D eigenvalue weighted by atomic mass is 16.5. The minimum absolute atomic E-state index is 0.202. The van der Waals surface area contributed by atoms with Gasteiger partial charge in [0, 0.05) is 35.9 Å². The van der Waals surface area contributed by atoms with Gasteiger partial charge in [0.15, 0.2) is 0 Å². The lowest BCUT2D eigenvalue weighted by Crippen LogP contribution is -2.51. The van der Waals surface area contributed by atoms with Crippen LogP contribution in [-0.4, -0.2) is 64.3 Å². The number of para-hydroxylation sites is 1. The van der Waals surface area contributed by atoms with Crippen molar-refractivity contribution in [3.8, 4) is 16.9 Å². The van der Waals surface area contributed by atoms with Crippen LogP contribution in [0.25, 0.3) is 22.2 Å². The van der Waals surface area contributed by atoms with Crippen LogP contribution in [0.15, 0.2) is 65.6 Å². The fraction of sp³-hybridized carbons (Fsp3) is 0.500. The van der Waals surface area contributed by atoms with Gasteiger partial charge >= 0.3 is 6.03 Å². The number of benzene rings is 2. The number of carbonyl (C=O) groups is 1. The topological polar surface area (TPSA) is 91.7 Å². The minimum Gasteiger partial charge on any atom is -0.492 e. The molecule has 2 amide bonds. The number of amides is 2. The minimum atomic E-state index is -0.453. The lowest BCUT2D eigenvalue weighted by atomic mass is 9.93. The maximum absolute atomic E-state index is 14.4. The highest BCUT2D eigenvalue weighted by Crippen LogP contribution is 2.36. The number of piperidine rings is 1. The maximum Gasteiger partial charge on any atom is 0.323 e. The second kappa shape index (κ2) is 17.8. The molecular formula is C42H58N6O3. The van der Waals surface area contributed by atoms with Crippen molar-refractivity contribution >= 4 is 28.4 Å². The number of hydrogen-bond acceptors (Lipinski definition) is 6. The van der Waals surface area contributed by atoms with Gasteiger partial charge in [-0.05, 0) is 98.1 Å². The Balaban J connectivity index is 1.51. The van der Waals surface area contributed by atoms with Crippen molar-refractivity contribution in [2.45, 2.75) is 105 Å². The molecule has 3 heterocycles. The summed E-state index contributed by atoms with van der Waals surface area (Å²) in [7, 11) is 0. The summed E-state index contributed by atoms with van der Waals surface area (Å²) in [5.74, 6) is 1.13. The first-order valence-corrected chi connectivity index (χ1v) is 19.1. The molecule has 0 bridgehead atoms. The summed E-state index contributed by atoms with van der Waals surface area (Å²) in [5, 5.41) is 6.98. The van der Waals surface area contributed by atoms with E-state index < -0.39 is 6.03 Å². The number of pyridine rings is 2. The zero-order chi connectivity index (χ0) is 36.5. The van der Waals surface area contributed by atoms with E-state index in [1.165, 1.54) is 19.3 Å². The van der Waals surface area contributed by atoms with Crippen LogP contribution < -0.4 is 20.9 Å². The average Bonchev–Trinajstić information content (AvgIpc) is 3.13. The number of rotatable bonds is 15. The van der Waals surface area contributed by atoms with Crippen molar-refractivity contribution in [3.63, 3.8) is 0 Å². The van der Waals surface area contributed by atoms with Crippen molar-refractivity contribution in [1.29, 1.82) is 0 Å². The highest BCUT2D eigenvalue weighted by Gasteiger charge is 2.27. The summed E-state index contributed by atoms with van der Waals surface area (Å²) in [6.07, 6.45) is 7.56. The van der Waals surface area contributed by atoms with Crippen LogP contribution in [0.4, 0.5) is 16.2 Å². The number of likely N-dealkylation sites (tertiary alicyclic amines) is 1. The summed E-state index contributed by atoms with van der Waals surface area (Å²) in [6.45, 7) is 20.1. The largest absolute Gasteiger partial charge is 0.492 e. The van der Waals surface area contributed by atoms with Gasteiger partial charge in [-0.2, -0.15) is 0 Å². The van der Waals surface area contributed by atoms with Crippen molar-refractivity contribution in [2.75, 3.05) is 43.4 Å². The van der Waals surface area contributed by atoms with Crippen LogP contribution in [0.5, 0.6) is 5.75 Å². The molecule has 2 aromatic heterocycles. The number of nitrogens with one attached hydrogen (secondary N) is 2. The van der Waals surface area contributed by atoms with Gasteiger partial charge in [0.25, 0.3) is 5.56 Å². The number of aryl methyl sites for hydroxylation is 1. The monoisotopic (exact) mass is 694 g/mol. The Morgan fingerprint density at radius 3 is 2.31 bits per heavy atom. The smallest absolute Gasteiger partial charge is 0.323 e. The first-order chi connectivity index (χ1) is 24.7. The molecule has 2 aromatic carbocycles. The number of fused-ring (bicyclic) bond motifs is 1. The molecule has 274 valence electrons. The van der Waals surface area contributed by atoms with Crippen LogP contribution in [0.1, 0.15) is 104 Å². The van der Waals surface area contributed by atoms with Crippen molar-refractivity contribution in [1.82, 2.24) is 19.4 Å². The molecule has 0 aliphatic carbocycles. The van der Waals surface area contributed by atoms with E-state index in [2.05, 4.69) is 86.0 Å². The molecule has 0 saturated carbocycles. The predicted octanol–water partition coefficient (Wildman–Crippen LogP) is 9.29. The van der Waals surface area contributed by atoms with E-state index in [4.69, 9.17) is 4.74 Å². The molecule has 4 aromatic rings. The van der Waals surface area contributed by atoms with Crippen LogP contribution in [0, 0.1) is 0 Å². The predicted molar refractivity (Wildman–Crippen MR) is 211 cm³/mol. The van der Waals surface area contributed by atoms with Crippen LogP contribution in [0.2, 0.25) is 0 Å². The van der Waals surface area contributed by atoms with E-state index in [-0.39, 0.29) is 23.1 Å². The average molecular weight is 695 g/mol. The maximum atomic E-state index is 14.4. The van der Waals surface area contributed by atoms with Gasteiger partial charge in [0.1, 0.15) is 23.7 Å². The Bertz CT molecular complexity index is 1800. The summed E-state index contributed by atoms with van der Waals surface area (Å²) >= 11 is 0. The van der Waals surface area contributed by atoms with Gasteiger partial charge in [0.2, 0.25) is 0 Å². The second-order valence-corrected chi connectivity index (χ2v) is 14.2. The van der Waals surface area contributed by atoms with Gasteiger partial charge in [-0.25, -0.2) is 9.78 Å². The van der Waals surface area contributed by atoms with E-state index in [9.17, 15) is 9.59 Å².